The van der Waals surface area contributed by atoms with Crippen molar-refractivity contribution in [2.24, 2.45) is 0 Å². The smallest absolute Gasteiger partial charge is 0.545 e. The van der Waals surface area contributed by atoms with E-state index in [1.807, 2.05) is 0 Å². The predicted molar refractivity (Wildman–Crippen MR) is 210 cm³/mol. The first-order chi connectivity index (χ1) is 24.5. The molecule has 2 aromatic rings. The Morgan fingerprint density at radius 3 is 0.902 bits per heavy atom. The molecule has 2 aromatic carbocycles. The summed E-state index contributed by atoms with van der Waals surface area (Å²) < 4.78 is 11.2. The van der Waals surface area contributed by atoms with Crippen LogP contribution in [0.15, 0.2) is 48.5 Å². The molecule has 0 unspecified atom stereocenters. The maximum absolute atomic E-state index is 11.0. The van der Waals surface area contributed by atoms with Crippen LogP contribution in [0.1, 0.15) is 202 Å². The van der Waals surface area contributed by atoms with Gasteiger partial charge in [0.15, 0.2) is 0 Å². The number of aromatic carboxylic acids is 2. The average molecular weight is 719 g/mol. The number of ether oxygens (including phenoxy) is 2. The first kappa shape index (κ1) is 48.7. The molecule has 0 spiro atoms. The minimum atomic E-state index is -1.18. The van der Waals surface area contributed by atoms with Gasteiger partial charge in [-0.05, 0) is 37.1 Å². The quantitative estimate of drug-likeness (QED) is 0.0551. The normalized spacial score (nSPS) is 10.5. The van der Waals surface area contributed by atoms with E-state index >= 15 is 0 Å². The molecule has 0 aliphatic rings. The summed E-state index contributed by atoms with van der Waals surface area (Å²) in [6, 6.07) is 13.4. The molecule has 0 aliphatic carbocycles. The first-order valence-corrected chi connectivity index (χ1v) is 20.4. The number of unbranched alkanes of at least 4 members (excludes halogenated alkanes) is 24. The second kappa shape index (κ2) is 36.1. The monoisotopic (exact) mass is 719 g/mol. The molecule has 6 nitrogen and oxygen atoms in total. The first-order valence-electron chi connectivity index (χ1n) is 20.4. The van der Waals surface area contributed by atoms with E-state index in [4.69, 9.17) is 9.47 Å². The van der Waals surface area contributed by atoms with Crippen LogP contribution in [0.3, 0.4) is 0 Å². The molecule has 0 aromatic heterocycles. The molecule has 0 radical (unpaired) electrons. The maximum Gasteiger partial charge on any atom is 2.00 e. The van der Waals surface area contributed by atoms with Crippen molar-refractivity contribution in [3.05, 3.63) is 59.7 Å². The van der Waals surface area contributed by atoms with E-state index in [0.29, 0.717) is 24.7 Å². The van der Waals surface area contributed by atoms with Crippen molar-refractivity contribution < 1.29 is 29.3 Å². The summed E-state index contributed by atoms with van der Waals surface area (Å²) in [6.07, 6.45) is 34.2. The van der Waals surface area contributed by atoms with Gasteiger partial charge in [-0.1, -0.05) is 192 Å². The van der Waals surface area contributed by atoms with Gasteiger partial charge in [0.05, 0.1) is 25.2 Å². The summed E-state index contributed by atoms with van der Waals surface area (Å²) >= 11 is 0. The van der Waals surface area contributed by atoms with Crippen LogP contribution in [0, 0.1) is 0 Å². The van der Waals surface area contributed by atoms with E-state index in [1.165, 1.54) is 153 Å². The van der Waals surface area contributed by atoms with E-state index in [0.717, 1.165) is 25.7 Å². The molecule has 0 bridgehead atoms. The van der Waals surface area contributed by atoms with Crippen molar-refractivity contribution in [1.82, 2.24) is 0 Å². The Bertz CT molecular complexity index is 1010. The Balaban J connectivity index is 0.000000962. The molecule has 0 aliphatic heterocycles. The van der Waals surface area contributed by atoms with Crippen molar-refractivity contribution in [3.63, 3.8) is 0 Å². The minimum Gasteiger partial charge on any atom is -0.545 e. The Morgan fingerprint density at radius 2 is 0.647 bits per heavy atom. The molecule has 0 N–H and O–H groups in total. The summed E-state index contributed by atoms with van der Waals surface area (Å²) in [7, 11) is 0. The van der Waals surface area contributed by atoms with Crippen molar-refractivity contribution in [1.29, 1.82) is 0 Å². The fourth-order valence-corrected chi connectivity index (χ4v) is 6.13. The minimum absolute atomic E-state index is 0. The molecule has 0 saturated heterocycles. The van der Waals surface area contributed by atoms with Crippen LogP contribution in [-0.2, 0) is 0 Å². The molecule has 0 fully saturated rings. The standard InChI is InChI=1S/2C22H36O3.Mg/c2*1-2-3-4-5-6-7-8-9-10-11-12-13-16-19-25-21-18-15-14-17-20(21)22(23)24;/h2*14-15,17-18H,2-13,16,19H2,1H3,(H,23,24);/q;;+2/p-2. The summed E-state index contributed by atoms with van der Waals surface area (Å²) in [4.78, 5) is 22.0. The van der Waals surface area contributed by atoms with E-state index in [-0.39, 0.29) is 34.2 Å². The number of carbonyl (C=O) groups excluding carboxylic acids is 2. The summed E-state index contributed by atoms with van der Waals surface area (Å²) in [5.41, 5.74) is 0.273. The van der Waals surface area contributed by atoms with Crippen molar-refractivity contribution in [2.45, 2.75) is 181 Å². The number of carboxylic acids is 2. The van der Waals surface area contributed by atoms with E-state index < -0.39 is 11.9 Å². The summed E-state index contributed by atoms with van der Waals surface area (Å²) in [6.45, 7) is 5.67. The molecule has 2 rings (SSSR count). The zero-order chi connectivity index (χ0) is 36.3. The molecule has 0 atom stereocenters. The van der Waals surface area contributed by atoms with Gasteiger partial charge in [-0.2, -0.15) is 0 Å². The van der Waals surface area contributed by atoms with Crippen LogP contribution in [0.4, 0.5) is 0 Å². The number of para-hydroxylation sites is 2. The molecule has 7 heteroatoms. The summed E-state index contributed by atoms with van der Waals surface area (Å²) in [5.74, 6) is -1.52. The Kier molecular flexibility index (Phi) is 34.5. The van der Waals surface area contributed by atoms with Crippen LogP contribution < -0.4 is 19.7 Å². The number of rotatable bonds is 32. The number of hydrogen-bond acceptors (Lipinski definition) is 6. The van der Waals surface area contributed by atoms with E-state index in [1.54, 1.807) is 36.4 Å². The van der Waals surface area contributed by atoms with Crippen LogP contribution >= 0.6 is 0 Å². The van der Waals surface area contributed by atoms with Crippen molar-refractivity contribution >= 4 is 35.0 Å². The molecular weight excluding hydrogens is 649 g/mol. The maximum atomic E-state index is 11.0. The van der Waals surface area contributed by atoms with Gasteiger partial charge in [-0.3, -0.25) is 0 Å². The van der Waals surface area contributed by atoms with Gasteiger partial charge in [-0.15, -0.1) is 0 Å². The molecule has 0 saturated carbocycles. The topological polar surface area (TPSA) is 98.7 Å². The van der Waals surface area contributed by atoms with Crippen molar-refractivity contribution in [2.75, 3.05) is 13.2 Å². The summed E-state index contributed by atoms with van der Waals surface area (Å²) in [5, 5.41) is 22.0. The fraction of sp³-hybridized carbons (Fsp3) is 0.682. The van der Waals surface area contributed by atoms with Crippen molar-refractivity contribution in [3.8, 4) is 11.5 Å². The molecule has 284 valence electrons. The Morgan fingerprint density at radius 1 is 0.412 bits per heavy atom. The Labute approximate surface area is 328 Å². The zero-order valence-corrected chi connectivity index (χ0v) is 34.0. The third-order valence-electron chi connectivity index (χ3n) is 9.22. The predicted octanol–water partition coefficient (Wildman–Crippen LogP) is 10.7. The van der Waals surface area contributed by atoms with Gasteiger partial charge in [-0.25, -0.2) is 0 Å². The van der Waals surface area contributed by atoms with Gasteiger partial charge in [0.2, 0.25) is 0 Å². The van der Waals surface area contributed by atoms with E-state index in [9.17, 15) is 19.8 Å². The van der Waals surface area contributed by atoms with Gasteiger partial charge in [0.1, 0.15) is 11.5 Å². The third kappa shape index (κ3) is 28.0. The molecular formula is C44H70MgO6. The number of benzene rings is 2. The SMILES string of the molecule is CCCCCCCCCCCCCCCOc1ccccc1C(=O)[O-].CCCCCCCCCCCCCCCOc1ccccc1C(=O)[O-].[Mg+2]. The van der Waals surface area contributed by atoms with Crippen LogP contribution in [-0.4, -0.2) is 48.2 Å². The zero-order valence-electron chi connectivity index (χ0n) is 32.6. The molecule has 51 heavy (non-hydrogen) atoms. The average Bonchev–Trinajstić information content (AvgIpc) is 3.12. The van der Waals surface area contributed by atoms with E-state index in [2.05, 4.69) is 13.8 Å². The Hall–Kier alpha value is -2.25. The second-order valence-electron chi connectivity index (χ2n) is 13.7. The second-order valence-corrected chi connectivity index (χ2v) is 13.7. The third-order valence-corrected chi connectivity index (χ3v) is 9.22. The van der Waals surface area contributed by atoms with Crippen LogP contribution in [0.2, 0.25) is 0 Å². The van der Waals surface area contributed by atoms with Gasteiger partial charge in [0.25, 0.3) is 0 Å². The number of carboxylic acid groups (broad SMARTS) is 2. The fourth-order valence-electron chi connectivity index (χ4n) is 6.13. The number of hydrogen-bond donors (Lipinski definition) is 0. The van der Waals surface area contributed by atoms with Gasteiger partial charge in [0, 0.05) is 11.1 Å². The van der Waals surface area contributed by atoms with Gasteiger partial charge < -0.3 is 29.3 Å². The van der Waals surface area contributed by atoms with Crippen LogP contribution in [0.25, 0.3) is 0 Å². The van der Waals surface area contributed by atoms with Crippen LogP contribution in [0.5, 0.6) is 11.5 Å². The molecule has 0 heterocycles. The largest absolute Gasteiger partial charge is 2.00 e. The number of carbonyl (C=O) groups is 2. The van der Waals surface area contributed by atoms with Gasteiger partial charge >= 0.3 is 23.1 Å². The molecule has 0 amide bonds.